The first-order valence-electron chi connectivity index (χ1n) is 9.78. The van der Waals surface area contributed by atoms with E-state index in [4.69, 9.17) is 0 Å². The number of benzene rings is 1. The van der Waals surface area contributed by atoms with Crippen LogP contribution in [0.15, 0.2) is 24.8 Å². The number of nitrogens with zero attached hydrogens (tertiary/aromatic N) is 2. The van der Waals surface area contributed by atoms with Gasteiger partial charge in [0.1, 0.15) is 0 Å². The van der Waals surface area contributed by atoms with E-state index in [2.05, 4.69) is 22.5 Å². The van der Waals surface area contributed by atoms with Crippen LogP contribution in [0.2, 0.25) is 0 Å². The molecule has 1 aliphatic rings. The summed E-state index contributed by atoms with van der Waals surface area (Å²) in [6.07, 6.45) is 1.60. The van der Waals surface area contributed by atoms with Crippen molar-refractivity contribution in [3.05, 3.63) is 42.2 Å². The molecule has 1 aromatic carbocycles. The third-order valence-electron chi connectivity index (χ3n) is 4.88. The summed E-state index contributed by atoms with van der Waals surface area (Å²) in [7, 11) is 0. The molecule has 1 aliphatic heterocycles. The number of amides is 3. The summed E-state index contributed by atoms with van der Waals surface area (Å²) in [4.78, 5) is 39.9. The van der Waals surface area contributed by atoms with Gasteiger partial charge in [-0.25, -0.2) is 13.2 Å². The molecule has 0 aromatic heterocycles. The van der Waals surface area contributed by atoms with Crippen molar-refractivity contribution in [1.29, 1.82) is 0 Å². The Morgan fingerprint density at radius 2 is 1.74 bits per heavy atom. The van der Waals surface area contributed by atoms with E-state index in [1.807, 2.05) is 9.80 Å². The molecule has 1 saturated heterocycles. The van der Waals surface area contributed by atoms with Gasteiger partial charge >= 0.3 is 0 Å². The SMILES string of the molecule is C=CCNC(=O)CN1CCN(C(C)C(=O)NCC(=O)Nc2ccc(F)c(F)c2F)CC1. The number of anilines is 1. The molecule has 0 aliphatic carbocycles. The minimum absolute atomic E-state index is 0.0948. The summed E-state index contributed by atoms with van der Waals surface area (Å²) in [5.74, 6) is -5.84. The number of piperazine rings is 1. The first-order chi connectivity index (χ1) is 14.7. The first-order valence-corrected chi connectivity index (χ1v) is 9.78. The van der Waals surface area contributed by atoms with Crippen molar-refractivity contribution < 1.29 is 27.6 Å². The zero-order chi connectivity index (χ0) is 23.0. The van der Waals surface area contributed by atoms with Crippen molar-refractivity contribution in [3.63, 3.8) is 0 Å². The smallest absolute Gasteiger partial charge is 0.243 e. The van der Waals surface area contributed by atoms with Gasteiger partial charge in [-0.05, 0) is 19.1 Å². The monoisotopic (exact) mass is 441 g/mol. The lowest BCUT2D eigenvalue weighted by atomic mass is 10.2. The van der Waals surface area contributed by atoms with Crippen LogP contribution in [-0.4, -0.2) is 79.4 Å². The zero-order valence-corrected chi connectivity index (χ0v) is 17.2. The Hall–Kier alpha value is -2.92. The van der Waals surface area contributed by atoms with E-state index in [-0.39, 0.29) is 12.5 Å². The van der Waals surface area contributed by atoms with Crippen molar-refractivity contribution in [2.24, 2.45) is 0 Å². The first kappa shape index (κ1) is 24.4. The number of carbonyl (C=O) groups is 3. The van der Waals surface area contributed by atoms with Gasteiger partial charge in [-0.3, -0.25) is 24.2 Å². The summed E-state index contributed by atoms with van der Waals surface area (Å²) < 4.78 is 39.8. The van der Waals surface area contributed by atoms with Gasteiger partial charge in [0.2, 0.25) is 17.7 Å². The number of carbonyl (C=O) groups excluding carboxylic acids is 3. The van der Waals surface area contributed by atoms with Crippen molar-refractivity contribution in [2.75, 3.05) is 51.1 Å². The molecule has 1 unspecified atom stereocenters. The highest BCUT2D eigenvalue weighted by atomic mass is 19.2. The van der Waals surface area contributed by atoms with Crippen LogP contribution >= 0.6 is 0 Å². The van der Waals surface area contributed by atoms with E-state index in [1.165, 1.54) is 0 Å². The molecule has 1 atom stereocenters. The fourth-order valence-electron chi connectivity index (χ4n) is 3.05. The van der Waals surface area contributed by atoms with Crippen LogP contribution in [0.5, 0.6) is 0 Å². The number of nitrogens with one attached hydrogen (secondary N) is 3. The maximum Gasteiger partial charge on any atom is 0.243 e. The average Bonchev–Trinajstić information content (AvgIpc) is 2.76. The Bertz CT molecular complexity index is 829. The third-order valence-corrected chi connectivity index (χ3v) is 4.88. The summed E-state index contributed by atoms with van der Waals surface area (Å²) in [6.45, 7) is 7.79. The zero-order valence-electron chi connectivity index (χ0n) is 17.2. The standard InChI is InChI=1S/C20H26F3N5O3/c1-3-6-24-17(30)12-27-7-9-28(10-8-27)13(2)20(31)25-11-16(29)26-15-5-4-14(21)18(22)19(15)23/h3-5,13H,1,6-12H2,2H3,(H,24,30)(H,25,31)(H,26,29). The van der Waals surface area contributed by atoms with E-state index >= 15 is 0 Å². The second kappa shape index (κ2) is 11.5. The molecule has 31 heavy (non-hydrogen) atoms. The summed E-state index contributed by atoms with van der Waals surface area (Å²) >= 11 is 0. The Morgan fingerprint density at radius 3 is 2.39 bits per heavy atom. The topological polar surface area (TPSA) is 93.8 Å². The quantitative estimate of drug-likeness (QED) is 0.383. The van der Waals surface area contributed by atoms with Crippen molar-refractivity contribution >= 4 is 23.4 Å². The number of hydrogen-bond donors (Lipinski definition) is 3. The van der Waals surface area contributed by atoms with Gasteiger partial charge in [-0.1, -0.05) is 6.08 Å². The Balaban J connectivity index is 1.75. The third kappa shape index (κ3) is 7.07. The molecule has 3 amide bonds. The lowest BCUT2D eigenvalue weighted by Gasteiger charge is -2.37. The second-order valence-corrected chi connectivity index (χ2v) is 7.07. The van der Waals surface area contributed by atoms with Crippen molar-refractivity contribution in [3.8, 4) is 0 Å². The van der Waals surface area contributed by atoms with Gasteiger partial charge in [0.15, 0.2) is 17.5 Å². The van der Waals surface area contributed by atoms with Gasteiger partial charge < -0.3 is 16.0 Å². The largest absolute Gasteiger partial charge is 0.352 e. The predicted molar refractivity (Wildman–Crippen MR) is 109 cm³/mol. The van der Waals surface area contributed by atoms with Crippen LogP contribution in [0.3, 0.4) is 0 Å². The molecule has 0 bridgehead atoms. The fraction of sp³-hybridized carbons (Fsp3) is 0.450. The summed E-state index contributed by atoms with van der Waals surface area (Å²) in [6, 6.07) is 1.06. The predicted octanol–water partition coefficient (Wildman–Crippen LogP) is 0.467. The maximum atomic E-state index is 13.6. The molecule has 11 heteroatoms. The summed E-state index contributed by atoms with van der Waals surface area (Å²) in [5, 5.41) is 7.24. The van der Waals surface area contributed by atoms with Crippen molar-refractivity contribution in [2.45, 2.75) is 13.0 Å². The molecule has 1 aromatic rings. The summed E-state index contributed by atoms with van der Waals surface area (Å²) in [5.41, 5.74) is -0.514. The van der Waals surface area contributed by atoms with E-state index < -0.39 is 47.5 Å². The molecular formula is C20H26F3N5O3. The van der Waals surface area contributed by atoms with E-state index in [0.717, 1.165) is 6.07 Å². The van der Waals surface area contributed by atoms with E-state index in [1.54, 1.807) is 13.0 Å². The fourth-order valence-corrected chi connectivity index (χ4v) is 3.05. The molecule has 3 N–H and O–H groups in total. The Kier molecular flexibility index (Phi) is 9.01. The maximum absolute atomic E-state index is 13.6. The number of halogens is 3. The van der Waals surface area contributed by atoms with Gasteiger partial charge in [-0.2, -0.15) is 0 Å². The molecule has 1 heterocycles. The van der Waals surface area contributed by atoms with Crippen LogP contribution in [0.4, 0.5) is 18.9 Å². The minimum atomic E-state index is -1.69. The van der Waals surface area contributed by atoms with Gasteiger partial charge in [0.05, 0.1) is 24.8 Å². The average molecular weight is 441 g/mol. The molecule has 2 rings (SSSR count). The van der Waals surface area contributed by atoms with Crippen LogP contribution in [-0.2, 0) is 14.4 Å². The van der Waals surface area contributed by atoms with Crippen LogP contribution in [0, 0.1) is 17.5 Å². The molecule has 0 spiro atoms. The van der Waals surface area contributed by atoms with Gasteiger partial charge in [-0.15, -0.1) is 6.58 Å². The molecule has 8 nitrogen and oxygen atoms in total. The second-order valence-electron chi connectivity index (χ2n) is 7.07. The molecule has 170 valence electrons. The Labute approximate surface area is 178 Å². The van der Waals surface area contributed by atoms with Gasteiger partial charge in [0, 0.05) is 32.7 Å². The highest BCUT2D eigenvalue weighted by Gasteiger charge is 2.26. The number of hydrogen-bond acceptors (Lipinski definition) is 5. The van der Waals surface area contributed by atoms with Gasteiger partial charge in [0.25, 0.3) is 0 Å². The molecular weight excluding hydrogens is 415 g/mol. The van der Waals surface area contributed by atoms with Crippen LogP contribution < -0.4 is 16.0 Å². The highest BCUT2D eigenvalue weighted by molar-refractivity contribution is 5.95. The lowest BCUT2D eigenvalue weighted by Crippen LogP contribution is -2.55. The molecule has 1 fully saturated rings. The minimum Gasteiger partial charge on any atom is -0.352 e. The van der Waals surface area contributed by atoms with Crippen molar-refractivity contribution in [1.82, 2.24) is 20.4 Å². The molecule has 0 saturated carbocycles. The lowest BCUT2D eigenvalue weighted by molar-refractivity contribution is -0.129. The highest BCUT2D eigenvalue weighted by Crippen LogP contribution is 2.19. The number of rotatable bonds is 9. The van der Waals surface area contributed by atoms with Crippen LogP contribution in [0.1, 0.15) is 6.92 Å². The van der Waals surface area contributed by atoms with E-state index in [0.29, 0.717) is 38.8 Å². The van der Waals surface area contributed by atoms with E-state index in [9.17, 15) is 27.6 Å². The van der Waals surface area contributed by atoms with Crippen LogP contribution in [0.25, 0.3) is 0 Å². The normalized spacial score (nSPS) is 15.7. The molecule has 0 radical (unpaired) electrons. The Morgan fingerprint density at radius 1 is 1.06 bits per heavy atom.